The average molecular weight is 231 g/mol. The van der Waals surface area contributed by atoms with E-state index in [-0.39, 0.29) is 12.4 Å². The highest BCUT2D eigenvalue weighted by Crippen LogP contribution is 2.19. The van der Waals surface area contributed by atoms with Crippen molar-refractivity contribution in [3.05, 3.63) is 36.0 Å². The van der Waals surface area contributed by atoms with Gasteiger partial charge in [-0.1, -0.05) is 12.1 Å². The Labute approximate surface area is 99.2 Å². The Morgan fingerprint density at radius 3 is 2.76 bits per heavy atom. The van der Waals surface area contributed by atoms with Gasteiger partial charge in [-0.15, -0.1) is 0 Å². The number of nitrogens with zero attached hydrogens (tertiary/aromatic N) is 1. The summed E-state index contributed by atoms with van der Waals surface area (Å²) in [5.41, 5.74) is 0.913. The van der Waals surface area contributed by atoms with Gasteiger partial charge in [-0.05, 0) is 17.0 Å². The minimum atomic E-state index is -0.245. The van der Waals surface area contributed by atoms with Crippen LogP contribution in [0, 0.1) is 0 Å². The lowest BCUT2D eigenvalue weighted by molar-refractivity contribution is -0.139. The second-order valence-corrected chi connectivity index (χ2v) is 3.66. The number of rotatable bonds is 3. The van der Waals surface area contributed by atoms with Crippen molar-refractivity contribution in [1.29, 1.82) is 0 Å². The zero-order chi connectivity index (χ0) is 12.3. The zero-order valence-electron chi connectivity index (χ0n) is 9.77. The molecule has 17 heavy (non-hydrogen) atoms. The molecule has 1 heterocycles. The summed E-state index contributed by atoms with van der Waals surface area (Å²) in [7, 11) is 2.97. The quantitative estimate of drug-likeness (QED) is 0.758. The summed E-state index contributed by atoms with van der Waals surface area (Å²) in [5.74, 6) is 0.337. The Morgan fingerprint density at radius 1 is 1.24 bits per heavy atom. The van der Waals surface area contributed by atoms with E-state index in [0.717, 1.165) is 16.3 Å². The number of hydrogen-bond donors (Lipinski definition) is 0. The summed E-state index contributed by atoms with van der Waals surface area (Å²) < 4.78 is 9.68. The van der Waals surface area contributed by atoms with Gasteiger partial charge >= 0.3 is 5.97 Å². The largest absolute Gasteiger partial charge is 0.481 e. The van der Waals surface area contributed by atoms with Crippen LogP contribution >= 0.6 is 0 Å². The van der Waals surface area contributed by atoms with Crippen LogP contribution in [0.2, 0.25) is 0 Å². The Balaban J connectivity index is 2.34. The first-order chi connectivity index (χ1) is 8.22. The minimum absolute atomic E-state index is 0.245. The van der Waals surface area contributed by atoms with Gasteiger partial charge in [0.25, 0.3) is 0 Å². The molecule has 1 aromatic carbocycles. The first-order valence-corrected chi connectivity index (χ1v) is 5.22. The van der Waals surface area contributed by atoms with E-state index in [2.05, 4.69) is 9.72 Å². The fourth-order valence-corrected chi connectivity index (χ4v) is 1.63. The maximum atomic E-state index is 11.2. The first-order valence-electron chi connectivity index (χ1n) is 5.22. The summed E-state index contributed by atoms with van der Waals surface area (Å²) >= 11 is 0. The number of carbonyl (C=O) groups excluding carboxylic acids is 1. The molecule has 0 bridgehead atoms. The molecule has 2 aromatic rings. The SMILES string of the molecule is COC(=O)Cc1ccc2cc(OC)ncc2c1. The van der Waals surface area contributed by atoms with E-state index in [4.69, 9.17) is 4.74 Å². The van der Waals surface area contributed by atoms with E-state index < -0.39 is 0 Å². The van der Waals surface area contributed by atoms with Crippen LogP contribution in [0.3, 0.4) is 0 Å². The standard InChI is InChI=1S/C13H13NO3/c1-16-12-7-10-4-3-9(6-13(15)17-2)5-11(10)8-14-12/h3-5,7-8H,6H2,1-2H3. The van der Waals surface area contributed by atoms with E-state index in [9.17, 15) is 4.79 Å². The molecule has 0 unspecified atom stereocenters. The predicted octanol–water partition coefficient (Wildman–Crippen LogP) is 1.96. The van der Waals surface area contributed by atoms with Gasteiger partial charge in [0.15, 0.2) is 0 Å². The lowest BCUT2D eigenvalue weighted by Crippen LogP contribution is -2.04. The smallest absolute Gasteiger partial charge is 0.309 e. The van der Waals surface area contributed by atoms with Crippen LogP contribution in [0.1, 0.15) is 5.56 Å². The third-order valence-electron chi connectivity index (χ3n) is 2.55. The number of aromatic nitrogens is 1. The van der Waals surface area contributed by atoms with Gasteiger partial charge in [0.05, 0.1) is 20.6 Å². The van der Waals surface area contributed by atoms with E-state index in [1.165, 1.54) is 7.11 Å². The molecule has 0 N–H and O–H groups in total. The van der Waals surface area contributed by atoms with E-state index in [1.54, 1.807) is 13.3 Å². The monoisotopic (exact) mass is 231 g/mol. The van der Waals surface area contributed by atoms with Crippen molar-refractivity contribution < 1.29 is 14.3 Å². The van der Waals surface area contributed by atoms with Gasteiger partial charge in [0.2, 0.25) is 5.88 Å². The molecule has 0 saturated carbocycles. The van der Waals surface area contributed by atoms with Crippen LogP contribution in [0.25, 0.3) is 10.8 Å². The van der Waals surface area contributed by atoms with Crippen LogP contribution in [-0.2, 0) is 16.0 Å². The Bertz CT molecular complexity index is 551. The third-order valence-corrected chi connectivity index (χ3v) is 2.55. The summed E-state index contributed by atoms with van der Waals surface area (Å²) in [5, 5.41) is 2.01. The molecule has 0 aliphatic rings. The highest BCUT2D eigenvalue weighted by molar-refractivity contribution is 5.84. The summed E-state index contributed by atoms with van der Waals surface area (Å²) in [6.45, 7) is 0. The van der Waals surface area contributed by atoms with Gasteiger partial charge in [-0.25, -0.2) is 4.98 Å². The number of fused-ring (bicyclic) bond motifs is 1. The number of benzene rings is 1. The molecule has 0 amide bonds. The molecule has 0 spiro atoms. The summed E-state index contributed by atoms with van der Waals surface area (Å²) in [4.78, 5) is 15.3. The maximum Gasteiger partial charge on any atom is 0.309 e. The van der Waals surface area contributed by atoms with Gasteiger partial charge in [0.1, 0.15) is 0 Å². The highest BCUT2D eigenvalue weighted by atomic mass is 16.5. The normalized spacial score (nSPS) is 10.2. The van der Waals surface area contributed by atoms with Crippen molar-refractivity contribution >= 4 is 16.7 Å². The summed E-state index contributed by atoms with van der Waals surface area (Å²) in [6, 6.07) is 7.63. The first kappa shape index (κ1) is 11.4. The molecule has 88 valence electrons. The Kier molecular flexibility index (Phi) is 3.23. The van der Waals surface area contributed by atoms with Crippen LogP contribution in [0.15, 0.2) is 30.5 Å². The maximum absolute atomic E-state index is 11.2. The number of esters is 1. The second-order valence-electron chi connectivity index (χ2n) is 3.66. The van der Waals surface area contributed by atoms with Gasteiger partial charge in [-0.2, -0.15) is 0 Å². The molecule has 1 aromatic heterocycles. The number of pyridine rings is 1. The molecule has 0 aliphatic heterocycles. The molecule has 0 saturated heterocycles. The molecule has 4 nitrogen and oxygen atoms in total. The van der Waals surface area contributed by atoms with Crippen LogP contribution in [0.4, 0.5) is 0 Å². The third kappa shape index (κ3) is 2.53. The second kappa shape index (κ2) is 4.82. The van der Waals surface area contributed by atoms with Crippen LogP contribution in [-0.4, -0.2) is 25.2 Å². The average Bonchev–Trinajstić information content (AvgIpc) is 2.38. The fraction of sp³-hybridized carbons (Fsp3) is 0.231. The molecule has 0 fully saturated rings. The van der Waals surface area contributed by atoms with Crippen molar-refractivity contribution in [1.82, 2.24) is 4.98 Å². The van der Waals surface area contributed by atoms with Gasteiger partial charge in [0, 0.05) is 17.6 Å². The van der Waals surface area contributed by atoms with Crippen molar-refractivity contribution in [2.75, 3.05) is 14.2 Å². The van der Waals surface area contributed by atoms with Crippen molar-refractivity contribution in [2.45, 2.75) is 6.42 Å². The lowest BCUT2D eigenvalue weighted by Gasteiger charge is -2.04. The number of carbonyl (C=O) groups is 1. The van der Waals surface area contributed by atoms with E-state index in [0.29, 0.717) is 5.88 Å². The highest BCUT2D eigenvalue weighted by Gasteiger charge is 2.04. The number of methoxy groups -OCH3 is 2. The van der Waals surface area contributed by atoms with Crippen LogP contribution < -0.4 is 4.74 Å². The van der Waals surface area contributed by atoms with Gasteiger partial charge in [-0.3, -0.25) is 4.79 Å². The molecular weight excluding hydrogens is 218 g/mol. The van der Waals surface area contributed by atoms with Crippen molar-refractivity contribution in [3.8, 4) is 5.88 Å². The molecular formula is C13H13NO3. The Hall–Kier alpha value is -2.10. The fourth-order valence-electron chi connectivity index (χ4n) is 1.63. The number of hydrogen-bond acceptors (Lipinski definition) is 4. The summed E-state index contributed by atoms with van der Waals surface area (Å²) in [6.07, 6.45) is 2.01. The molecule has 0 atom stereocenters. The van der Waals surface area contributed by atoms with Crippen molar-refractivity contribution in [3.63, 3.8) is 0 Å². The zero-order valence-corrected chi connectivity index (χ0v) is 9.77. The molecule has 2 rings (SSSR count). The van der Waals surface area contributed by atoms with E-state index >= 15 is 0 Å². The Morgan fingerprint density at radius 2 is 2.06 bits per heavy atom. The predicted molar refractivity (Wildman–Crippen MR) is 64.0 cm³/mol. The molecule has 0 radical (unpaired) electrons. The lowest BCUT2D eigenvalue weighted by atomic mass is 10.1. The minimum Gasteiger partial charge on any atom is -0.481 e. The number of ether oxygens (including phenoxy) is 2. The van der Waals surface area contributed by atoms with Crippen molar-refractivity contribution in [2.24, 2.45) is 0 Å². The molecule has 4 heteroatoms. The topological polar surface area (TPSA) is 48.4 Å². The van der Waals surface area contributed by atoms with Gasteiger partial charge < -0.3 is 9.47 Å². The van der Waals surface area contributed by atoms with Crippen LogP contribution in [0.5, 0.6) is 5.88 Å². The van der Waals surface area contributed by atoms with E-state index in [1.807, 2.05) is 24.3 Å². The molecule has 0 aliphatic carbocycles.